The van der Waals surface area contributed by atoms with Crippen LogP contribution in [-0.4, -0.2) is 108 Å². The number of amides is 4. The number of nitrogens with one attached hydrogen (secondary N) is 2. The largest absolute Gasteiger partial charge is 0.465 e. The van der Waals surface area contributed by atoms with E-state index in [1.807, 2.05) is 45.0 Å². The molecule has 252 valence electrons. The third-order valence-electron chi connectivity index (χ3n) is 8.69. The molecule has 0 radical (unpaired) electrons. The van der Waals surface area contributed by atoms with Crippen LogP contribution in [0.3, 0.4) is 0 Å². The summed E-state index contributed by atoms with van der Waals surface area (Å²) in [6, 6.07) is 4.93. The average Bonchev–Trinajstić information content (AvgIpc) is 3.62. The highest BCUT2D eigenvalue weighted by Gasteiger charge is 2.44. The number of hydrogen-bond acceptors (Lipinski definition) is 7. The Labute approximate surface area is 266 Å². The van der Waals surface area contributed by atoms with Crippen molar-refractivity contribution in [2.24, 2.45) is 5.41 Å². The Morgan fingerprint density at radius 2 is 1.78 bits per heavy atom. The fourth-order valence-corrected chi connectivity index (χ4v) is 5.85. The number of rotatable bonds is 16. The van der Waals surface area contributed by atoms with Crippen LogP contribution in [0.1, 0.15) is 83.4 Å². The van der Waals surface area contributed by atoms with Crippen molar-refractivity contribution in [2.75, 3.05) is 40.0 Å². The van der Waals surface area contributed by atoms with Gasteiger partial charge in [-0.05, 0) is 62.0 Å². The Morgan fingerprint density at radius 1 is 1.07 bits per heavy atom. The Bertz CT molecular complexity index is 1160. The molecule has 0 aromatic heterocycles. The lowest BCUT2D eigenvalue weighted by Crippen LogP contribution is -2.60. The number of likely N-dealkylation sites (tertiary alicyclic amines) is 1. The van der Waals surface area contributed by atoms with Crippen molar-refractivity contribution in [1.29, 1.82) is 0 Å². The van der Waals surface area contributed by atoms with E-state index in [-0.39, 0.29) is 30.6 Å². The van der Waals surface area contributed by atoms with Crippen molar-refractivity contribution in [3.8, 4) is 0 Å². The van der Waals surface area contributed by atoms with Crippen molar-refractivity contribution < 1.29 is 38.9 Å². The lowest BCUT2D eigenvalue weighted by Gasteiger charge is -2.36. The minimum absolute atomic E-state index is 0.202. The molecule has 1 saturated heterocycles. The lowest BCUT2D eigenvalue weighted by atomic mass is 9.85. The van der Waals surface area contributed by atoms with Crippen LogP contribution in [0.5, 0.6) is 0 Å². The van der Waals surface area contributed by atoms with Gasteiger partial charge in [-0.3, -0.25) is 19.3 Å². The van der Waals surface area contributed by atoms with E-state index < -0.39 is 35.5 Å². The number of carbonyl (C=O) groups excluding carboxylic acids is 3. The van der Waals surface area contributed by atoms with Crippen LogP contribution >= 0.6 is 0 Å². The van der Waals surface area contributed by atoms with E-state index in [0.717, 1.165) is 41.7 Å². The zero-order chi connectivity index (χ0) is 33.1. The molecule has 0 spiro atoms. The first kappa shape index (κ1) is 36.3. The second kappa shape index (κ2) is 16.9. The molecule has 4 N–H and O–H groups in total. The fraction of sp³-hybridized carbons (Fsp3) is 0.697. The van der Waals surface area contributed by atoms with Gasteiger partial charge in [0.2, 0.25) is 17.7 Å². The van der Waals surface area contributed by atoms with E-state index in [4.69, 9.17) is 14.6 Å². The highest BCUT2D eigenvalue weighted by molar-refractivity contribution is 5.94. The van der Waals surface area contributed by atoms with Gasteiger partial charge >= 0.3 is 6.09 Å². The molecule has 1 aromatic carbocycles. The third kappa shape index (κ3) is 9.88. The molecular weight excluding hydrogens is 580 g/mol. The summed E-state index contributed by atoms with van der Waals surface area (Å²) in [6.45, 7) is 9.24. The van der Waals surface area contributed by atoms with Gasteiger partial charge < -0.3 is 35.2 Å². The number of aliphatic hydroxyl groups is 1. The third-order valence-corrected chi connectivity index (χ3v) is 8.69. The van der Waals surface area contributed by atoms with Gasteiger partial charge in [0.25, 0.3) is 0 Å². The molecule has 12 nitrogen and oxygen atoms in total. The number of carboxylic acid groups (broad SMARTS) is 1. The van der Waals surface area contributed by atoms with Crippen LogP contribution in [0, 0.1) is 5.41 Å². The summed E-state index contributed by atoms with van der Waals surface area (Å²) in [5, 5.41) is 24.1. The number of ether oxygens (including phenoxy) is 2. The Hall–Kier alpha value is -3.22. The summed E-state index contributed by atoms with van der Waals surface area (Å²) in [5.41, 5.74) is 1.43. The minimum atomic E-state index is -1.25. The molecule has 4 amide bonds. The van der Waals surface area contributed by atoms with E-state index >= 15 is 0 Å². The summed E-state index contributed by atoms with van der Waals surface area (Å²) in [5.74, 6) is -1.21. The van der Waals surface area contributed by atoms with Gasteiger partial charge in [0, 0.05) is 46.4 Å². The number of likely N-dealkylation sites (N-methyl/N-ethyl adjacent to an activating group) is 1. The number of carbonyl (C=O) groups is 4. The SMILES string of the molecule is C[C@H](C(=O)N[C@H](C(=O)N1CCC[C@H]1C(=O)N[C@H]1c2ccccc2C[C@H]1OCCCOCCCCCO)C(C)(C)C)N(C)C(=O)O. The van der Waals surface area contributed by atoms with Crippen LogP contribution in [0.2, 0.25) is 0 Å². The predicted molar refractivity (Wildman–Crippen MR) is 169 cm³/mol. The van der Waals surface area contributed by atoms with Gasteiger partial charge in [-0.2, -0.15) is 0 Å². The van der Waals surface area contributed by atoms with Gasteiger partial charge in [0.05, 0.1) is 12.1 Å². The molecular formula is C33H52N4O8. The van der Waals surface area contributed by atoms with E-state index in [2.05, 4.69) is 10.6 Å². The second-order valence-electron chi connectivity index (χ2n) is 13.1. The monoisotopic (exact) mass is 632 g/mol. The highest BCUT2D eigenvalue weighted by atomic mass is 16.5. The summed E-state index contributed by atoms with van der Waals surface area (Å²) >= 11 is 0. The van der Waals surface area contributed by atoms with Crippen LogP contribution < -0.4 is 10.6 Å². The second-order valence-corrected chi connectivity index (χ2v) is 13.1. The van der Waals surface area contributed by atoms with E-state index in [0.29, 0.717) is 45.6 Å². The van der Waals surface area contributed by atoms with Gasteiger partial charge in [-0.15, -0.1) is 0 Å². The molecule has 12 heteroatoms. The van der Waals surface area contributed by atoms with E-state index in [1.54, 1.807) is 4.90 Å². The van der Waals surface area contributed by atoms with E-state index in [1.165, 1.54) is 14.0 Å². The van der Waals surface area contributed by atoms with Crippen molar-refractivity contribution in [2.45, 2.75) is 103 Å². The van der Waals surface area contributed by atoms with Gasteiger partial charge in [-0.1, -0.05) is 45.0 Å². The fourth-order valence-electron chi connectivity index (χ4n) is 5.85. The molecule has 5 atom stereocenters. The molecule has 2 aliphatic rings. The number of hydrogen-bond donors (Lipinski definition) is 4. The standard InChI is InChI=1S/C33H52N4O8/c1-22(36(5)32(42)43)29(39)35-28(33(2,3)4)31(41)37-16-11-15-25(37)30(40)34-27-24-14-8-7-13-23(24)21-26(27)45-20-12-19-44-18-10-6-9-17-38/h7-8,13-14,22,25-28,38H,6,9-12,15-21H2,1-5H3,(H,34,40)(H,35,39)(H,42,43)/t22-,25+,26-,27+,28-/m1/s1. The first-order valence-electron chi connectivity index (χ1n) is 16.1. The van der Waals surface area contributed by atoms with E-state index in [9.17, 15) is 24.3 Å². The smallest absolute Gasteiger partial charge is 0.407 e. The van der Waals surface area contributed by atoms with Crippen molar-refractivity contribution in [3.63, 3.8) is 0 Å². The summed E-state index contributed by atoms with van der Waals surface area (Å²) in [4.78, 5) is 54.5. The topological polar surface area (TPSA) is 158 Å². The molecule has 1 fully saturated rings. The normalized spacial score (nSPS) is 20.8. The van der Waals surface area contributed by atoms with Crippen LogP contribution in [0.4, 0.5) is 4.79 Å². The Morgan fingerprint density at radius 3 is 2.47 bits per heavy atom. The van der Waals surface area contributed by atoms with Crippen molar-refractivity contribution >= 4 is 23.8 Å². The molecule has 0 bridgehead atoms. The van der Waals surface area contributed by atoms with Crippen LogP contribution in [0.25, 0.3) is 0 Å². The highest BCUT2D eigenvalue weighted by Crippen LogP contribution is 2.34. The molecule has 1 aromatic rings. The zero-order valence-corrected chi connectivity index (χ0v) is 27.4. The maximum absolute atomic E-state index is 13.9. The van der Waals surface area contributed by atoms with Crippen LogP contribution in [-0.2, 0) is 30.3 Å². The molecule has 0 unspecified atom stereocenters. The summed E-state index contributed by atoms with van der Waals surface area (Å²) < 4.78 is 11.9. The van der Waals surface area contributed by atoms with Gasteiger partial charge in [0.15, 0.2) is 0 Å². The molecule has 3 rings (SSSR count). The summed E-state index contributed by atoms with van der Waals surface area (Å²) in [6.07, 6.45) is 3.67. The van der Waals surface area contributed by atoms with Crippen LogP contribution in [0.15, 0.2) is 24.3 Å². The Balaban J connectivity index is 1.65. The first-order valence-corrected chi connectivity index (χ1v) is 16.1. The first-order chi connectivity index (χ1) is 21.4. The molecule has 0 saturated carbocycles. The predicted octanol–water partition coefficient (Wildman–Crippen LogP) is 2.87. The zero-order valence-electron chi connectivity index (χ0n) is 27.4. The molecule has 1 aliphatic heterocycles. The molecule has 45 heavy (non-hydrogen) atoms. The summed E-state index contributed by atoms with van der Waals surface area (Å²) in [7, 11) is 1.30. The maximum atomic E-state index is 13.9. The average molecular weight is 633 g/mol. The minimum Gasteiger partial charge on any atom is -0.465 e. The van der Waals surface area contributed by atoms with Crippen molar-refractivity contribution in [1.82, 2.24) is 20.4 Å². The Kier molecular flexibility index (Phi) is 13.6. The number of aliphatic hydroxyl groups excluding tert-OH is 1. The quantitative estimate of drug-likeness (QED) is 0.203. The van der Waals surface area contributed by atoms with Gasteiger partial charge in [-0.25, -0.2) is 4.79 Å². The number of benzene rings is 1. The van der Waals surface area contributed by atoms with Gasteiger partial charge in [0.1, 0.15) is 18.1 Å². The number of unbranched alkanes of at least 4 members (excludes halogenated alkanes) is 2. The maximum Gasteiger partial charge on any atom is 0.407 e. The number of fused-ring (bicyclic) bond motifs is 1. The molecule has 1 aliphatic carbocycles. The number of nitrogens with zero attached hydrogens (tertiary/aromatic N) is 2. The lowest BCUT2D eigenvalue weighted by molar-refractivity contribution is -0.144. The van der Waals surface area contributed by atoms with Crippen molar-refractivity contribution in [3.05, 3.63) is 35.4 Å². The molecule has 1 heterocycles.